The Morgan fingerprint density at radius 1 is 1.35 bits per heavy atom. The third-order valence-electron chi connectivity index (χ3n) is 2.92. The molecule has 2 unspecified atom stereocenters. The predicted molar refractivity (Wildman–Crippen MR) is 60.4 cm³/mol. The number of carbonyl (C=O) groups is 2. The molecular formula is C10H19N3O4. The first-order chi connectivity index (χ1) is 8.04. The number of aliphatic hydroxyl groups is 1. The van der Waals surface area contributed by atoms with E-state index in [-0.39, 0.29) is 12.1 Å². The van der Waals surface area contributed by atoms with E-state index in [1.54, 1.807) is 0 Å². The minimum Gasteiger partial charge on any atom is -0.480 e. The van der Waals surface area contributed by atoms with Crippen LogP contribution >= 0.6 is 0 Å². The van der Waals surface area contributed by atoms with E-state index in [0.717, 1.165) is 25.7 Å². The number of aliphatic carboxylic acids is 1. The quantitative estimate of drug-likeness (QED) is 0.434. The molecule has 1 fully saturated rings. The normalized spacial score (nSPS) is 26.0. The van der Waals surface area contributed by atoms with Crippen LogP contribution in [0.2, 0.25) is 0 Å². The summed E-state index contributed by atoms with van der Waals surface area (Å²) in [4.78, 5) is 22.1. The molecule has 1 saturated carbocycles. The molecule has 0 bridgehead atoms. The zero-order chi connectivity index (χ0) is 12.8. The minimum absolute atomic E-state index is 0.0908. The number of aliphatic hydroxyl groups excluding tert-OH is 1. The predicted octanol–water partition coefficient (Wildman–Crippen LogP) is -0.999. The smallest absolute Gasteiger partial charge is 0.328 e. The van der Waals surface area contributed by atoms with E-state index in [2.05, 4.69) is 10.6 Å². The molecule has 2 amide bonds. The number of urea groups is 1. The maximum absolute atomic E-state index is 11.5. The Morgan fingerprint density at radius 3 is 2.53 bits per heavy atom. The van der Waals surface area contributed by atoms with Gasteiger partial charge in [-0.25, -0.2) is 9.59 Å². The van der Waals surface area contributed by atoms with Gasteiger partial charge in [0.2, 0.25) is 0 Å². The highest BCUT2D eigenvalue weighted by Crippen LogP contribution is 2.16. The zero-order valence-corrected chi connectivity index (χ0v) is 9.56. The molecule has 1 aliphatic carbocycles. The molecule has 0 aliphatic heterocycles. The van der Waals surface area contributed by atoms with Gasteiger partial charge in [0, 0.05) is 12.1 Å². The zero-order valence-electron chi connectivity index (χ0n) is 9.56. The van der Waals surface area contributed by atoms with Crippen molar-refractivity contribution in [2.75, 3.05) is 6.61 Å². The van der Waals surface area contributed by atoms with E-state index in [9.17, 15) is 9.59 Å². The van der Waals surface area contributed by atoms with Crippen LogP contribution < -0.4 is 16.4 Å². The number of hydrogen-bond donors (Lipinski definition) is 5. The molecule has 98 valence electrons. The van der Waals surface area contributed by atoms with Gasteiger partial charge >= 0.3 is 12.0 Å². The van der Waals surface area contributed by atoms with Crippen molar-refractivity contribution < 1.29 is 19.8 Å². The van der Waals surface area contributed by atoms with Crippen LogP contribution in [0.25, 0.3) is 0 Å². The van der Waals surface area contributed by atoms with Gasteiger partial charge in [-0.2, -0.15) is 0 Å². The van der Waals surface area contributed by atoms with Crippen LogP contribution in [0, 0.1) is 0 Å². The van der Waals surface area contributed by atoms with Crippen LogP contribution in [0.15, 0.2) is 0 Å². The van der Waals surface area contributed by atoms with Gasteiger partial charge in [0.05, 0.1) is 6.61 Å². The van der Waals surface area contributed by atoms with E-state index in [1.165, 1.54) is 0 Å². The fourth-order valence-corrected chi connectivity index (χ4v) is 1.89. The highest BCUT2D eigenvalue weighted by Gasteiger charge is 2.25. The lowest BCUT2D eigenvalue weighted by molar-refractivity contribution is -0.140. The molecule has 1 rings (SSSR count). The second-order valence-corrected chi connectivity index (χ2v) is 4.25. The summed E-state index contributed by atoms with van der Waals surface area (Å²) in [7, 11) is 0. The lowest BCUT2D eigenvalue weighted by Gasteiger charge is -2.29. The molecule has 7 nitrogen and oxygen atoms in total. The molecule has 7 heteroatoms. The number of carbonyl (C=O) groups excluding carboxylic acids is 1. The molecule has 0 spiro atoms. The third kappa shape index (κ3) is 4.20. The maximum atomic E-state index is 11.5. The molecule has 6 N–H and O–H groups in total. The Hall–Kier alpha value is -1.34. The van der Waals surface area contributed by atoms with Crippen LogP contribution in [0.5, 0.6) is 0 Å². The topological polar surface area (TPSA) is 125 Å². The van der Waals surface area contributed by atoms with Crippen molar-refractivity contribution in [1.82, 2.24) is 10.6 Å². The van der Waals surface area contributed by atoms with Crippen molar-refractivity contribution in [1.29, 1.82) is 0 Å². The summed E-state index contributed by atoms with van der Waals surface area (Å²) >= 11 is 0. The summed E-state index contributed by atoms with van der Waals surface area (Å²) in [5.74, 6) is -1.27. The van der Waals surface area contributed by atoms with Gasteiger partial charge in [0.1, 0.15) is 0 Å². The number of nitrogens with two attached hydrogens (primary N) is 1. The van der Waals surface area contributed by atoms with Crippen molar-refractivity contribution in [3.05, 3.63) is 0 Å². The molecule has 0 aromatic rings. The van der Waals surface area contributed by atoms with Gasteiger partial charge in [-0.3, -0.25) is 0 Å². The van der Waals surface area contributed by atoms with Crippen molar-refractivity contribution in [3.63, 3.8) is 0 Å². The summed E-state index contributed by atoms with van der Waals surface area (Å²) in [6.07, 6.45) is 3.70. The first-order valence-electron chi connectivity index (χ1n) is 5.71. The van der Waals surface area contributed by atoms with Crippen LogP contribution in [0.3, 0.4) is 0 Å². The average Bonchev–Trinajstić information content (AvgIpc) is 2.28. The first kappa shape index (κ1) is 13.7. The number of nitrogens with one attached hydrogen (secondary N) is 2. The van der Waals surface area contributed by atoms with Gasteiger partial charge in [0.15, 0.2) is 6.04 Å². The second kappa shape index (κ2) is 6.41. The van der Waals surface area contributed by atoms with Gasteiger partial charge in [0.25, 0.3) is 0 Å². The Labute approximate surface area is 99.4 Å². The highest BCUT2D eigenvalue weighted by molar-refractivity contribution is 5.82. The molecule has 0 aromatic heterocycles. The molecular weight excluding hydrogens is 226 g/mol. The molecule has 1 aliphatic rings. The van der Waals surface area contributed by atoms with E-state index in [4.69, 9.17) is 15.9 Å². The SMILES string of the molecule is NC1CCCCC1NC(=O)N[C@@H](CO)C(=O)O. The molecule has 0 aromatic carbocycles. The largest absolute Gasteiger partial charge is 0.480 e. The summed E-state index contributed by atoms with van der Waals surface area (Å²) < 4.78 is 0. The Bertz CT molecular complexity index is 285. The molecule has 0 heterocycles. The molecule has 17 heavy (non-hydrogen) atoms. The van der Waals surface area contributed by atoms with Crippen LogP contribution in [-0.2, 0) is 4.79 Å². The maximum Gasteiger partial charge on any atom is 0.328 e. The van der Waals surface area contributed by atoms with Crippen molar-refractivity contribution >= 4 is 12.0 Å². The monoisotopic (exact) mass is 245 g/mol. The number of amides is 2. The van der Waals surface area contributed by atoms with Gasteiger partial charge in [-0.1, -0.05) is 12.8 Å². The van der Waals surface area contributed by atoms with Crippen molar-refractivity contribution in [2.24, 2.45) is 5.73 Å². The number of hydrogen-bond acceptors (Lipinski definition) is 4. The van der Waals surface area contributed by atoms with Crippen LogP contribution in [-0.4, -0.2) is 46.9 Å². The Balaban J connectivity index is 2.40. The highest BCUT2D eigenvalue weighted by atomic mass is 16.4. The lowest BCUT2D eigenvalue weighted by Crippen LogP contribution is -2.55. The van der Waals surface area contributed by atoms with Gasteiger partial charge in [-0.15, -0.1) is 0 Å². The lowest BCUT2D eigenvalue weighted by atomic mass is 9.91. The molecule has 0 saturated heterocycles. The van der Waals surface area contributed by atoms with E-state index in [1.807, 2.05) is 0 Å². The second-order valence-electron chi connectivity index (χ2n) is 4.25. The summed E-state index contributed by atoms with van der Waals surface area (Å²) in [5.41, 5.74) is 5.84. The standard InChI is InChI=1S/C10H19N3O4/c11-6-3-1-2-4-7(6)12-10(17)13-8(5-14)9(15)16/h6-8,14H,1-5,11H2,(H,15,16)(H2,12,13,17)/t6?,7?,8-/m0/s1. The summed E-state index contributed by atoms with van der Waals surface area (Å²) in [5, 5.41) is 22.2. The average molecular weight is 245 g/mol. The van der Waals surface area contributed by atoms with Crippen molar-refractivity contribution in [2.45, 2.75) is 43.8 Å². The van der Waals surface area contributed by atoms with Gasteiger partial charge in [-0.05, 0) is 12.8 Å². The van der Waals surface area contributed by atoms with Crippen molar-refractivity contribution in [3.8, 4) is 0 Å². The van der Waals surface area contributed by atoms with Crippen LogP contribution in [0.1, 0.15) is 25.7 Å². The number of rotatable bonds is 4. The Kier molecular flexibility index (Phi) is 5.17. The minimum atomic E-state index is -1.28. The first-order valence-corrected chi connectivity index (χ1v) is 5.71. The van der Waals surface area contributed by atoms with Gasteiger partial charge < -0.3 is 26.6 Å². The fourth-order valence-electron chi connectivity index (χ4n) is 1.89. The van der Waals surface area contributed by atoms with E-state index in [0.29, 0.717) is 0 Å². The fraction of sp³-hybridized carbons (Fsp3) is 0.800. The van der Waals surface area contributed by atoms with Crippen LogP contribution in [0.4, 0.5) is 4.79 Å². The molecule has 3 atom stereocenters. The third-order valence-corrected chi connectivity index (χ3v) is 2.92. The summed E-state index contributed by atoms with van der Waals surface area (Å²) in [6, 6.07) is -2.10. The number of carboxylic acids is 1. The number of carboxylic acid groups (broad SMARTS) is 1. The molecule has 0 radical (unpaired) electrons. The van der Waals surface area contributed by atoms with E-state index >= 15 is 0 Å². The van der Waals surface area contributed by atoms with E-state index < -0.39 is 24.6 Å². The summed E-state index contributed by atoms with van der Waals surface area (Å²) in [6.45, 7) is -0.639. The Morgan fingerprint density at radius 2 is 2.00 bits per heavy atom.